The minimum Gasteiger partial charge on any atom is -0.489 e. The van der Waals surface area contributed by atoms with Gasteiger partial charge in [-0.15, -0.1) is 0 Å². The van der Waals surface area contributed by atoms with Gasteiger partial charge in [0.1, 0.15) is 36.1 Å². The fraction of sp³-hybridized carbons (Fsp3) is 0.333. The highest BCUT2D eigenvalue weighted by molar-refractivity contribution is 6.08. The molecule has 0 radical (unpaired) electrons. The first-order valence-electron chi connectivity index (χ1n) is 21.7. The first-order chi connectivity index (χ1) is 32.3. The number of nitrogens with one attached hydrogen (secondary N) is 4. The third kappa shape index (κ3) is 13.8. The fourth-order valence-electron chi connectivity index (χ4n) is 7.19. The number of ether oxygens (including phenoxy) is 2. The van der Waals surface area contributed by atoms with Gasteiger partial charge in [0, 0.05) is 44.0 Å². The van der Waals surface area contributed by atoms with Gasteiger partial charge in [-0.2, -0.15) is 26.3 Å². The van der Waals surface area contributed by atoms with E-state index in [1.807, 2.05) is 48.5 Å². The summed E-state index contributed by atoms with van der Waals surface area (Å²) in [6, 6.07) is 22.5. The lowest BCUT2D eigenvalue weighted by atomic mass is 10.1. The van der Waals surface area contributed by atoms with E-state index >= 15 is 0 Å². The molecule has 0 saturated heterocycles. The highest BCUT2D eigenvalue weighted by Crippen LogP contribution is 2.40. The number of carbonyl (C=O) groups excluding carboxylic acids is 2. The maximum atomic E-state index is 13.8. The first-order valence-corrected chi connectivity index (χ1v) is 21.7. The van der Waals surface area contributed by atoms with Crippen molar-refractivity contribution < 1.29 is 45.4 Å². The molecule has 0 bridgehead atoms. The summed E-state index contributed by atoms with van der Waals surface area (Å²) in [5.74, 6) is -1.46. The number of carbonyl (C=O) groups is 2. The number of H-pyrrole nitrogens is 2. The SMILES string of the molecule is CCN(CC)Cc1cccc(COc2cc(C(F)(F)F)c3cc(C(=O)NC(N)=NC)[nH]c3c2)c1.CCN(CC)Cc1cccc(COc2ccc(C(F)(F)F)c3cc(C(=O)NC(N)=NC)[nH]c23)c1. The van der Waals surface area contributed by atoms with Crippen LogP contribution in [0.1, 0.15) is 82.1 Å². The third-order valence-electron chi connectivity index (χ3n) is 10.9. The Kier molecular flexibility index (Phi) is 17.6. The quantitative estimate of drug-likeness (QED) is 0.0316. The van der Waals surface area contributed by atoms with Crippen molar-refractivity contribution in [2.24, 2.45) is 21.5 Å². The molecule has 6 rings (SSSR count). The predicted octanol–water partition coefficient (Wildman–Crippen LogP) is 8.56. The average Bonchev–Trinajstić information content (AvgIpc) is 3.96. The second kappa shape index (κ2) is 23.1. The van der Waals surface area contributed by atoms with Crippen LogP contribution in [0.3, 0.4) is 0 Å². The normalized spacial score (nSPS) is 12.4. The molecule has 0 aliphatic rings. The lowest BCUT2D eigenvalue weighted by Gasteiger charge is -2.18. The molecule has 0 unspecified atom stereocenters. The molecule has 2 aromatic heterocycles. The van der Waals surface area contributed by atoms with Crippen molar-refractivity contribution in [3.63, 3.8) is 0 Å². The number of hydrogen-bond donors (Lipinski definition) is 6. The van der Waals surface area contributed by atoms with E-state index in [9.17, 15) is 35.9 Å². The van der Waals surface area contributed by atoms with Crippen LogP contribution in [0.15, 0.2) is 94.9 Å². The molecule has 4 aromatic carbocycles. The second-order valence-electron chi connectivity index (χ2n) is 15.5. The fourth-order valence-corrected chi connectivity index (χ4v) is 7.19. The number of benzene rings is 4. The highest BCUT2D eigenvalue weighted by atomic mass is 19.4. The average molecular weight is 951 g/mol. The zero-order valence-corrected chi connectivity index (χ0v) is 38.6. The van der Waals surface area contributed by atoms with Crippen LogP contribution in [-0.4, -0.2) is 83.8 Å². The summed E-state index contributed by atoms with van der Waals surface area (Å²) in [6.45, 7) is 13.9. The van der Waals surface area contributed by atoms with Gasteiger partial charge in [0.2, 0.25) is 0 Å². The van der Waals surface area contributed by atoms with Crippen LogP contribution < -0.4 is 31.6 Å². The van der Waals surface area contributed by atoms with E-state index in [1.165, 1.54) is 26.2 Å². The molecule has 364 valence electrons. The van der Waals surface area contributed by atoms with Crippen LogP contribution in [0.4, 0.5) is 26.3 Å². The summed E-state index contributed by atoms with van der Waals surface area (Å²) in [5.41, 5.74) is 13.2. The maximum Gasteiger partial charge on any atom is 0.417 e. The zero-order chi connectivity index (χ0) is 49.8. The lowest BCUT2D eigenvalue weighted by molar-refractivity contribution is -0.137. The van der Waals surface area contributed by atoms with Crippen LogP contribution >= 0.6 is 0 Å². The summed E-state index contributed by atoms with van der Waals surface area (Å²) >= 11 is 0. The molecule has 6 aromatic rings. The van der Waals surface area contributed by atoms with Gasteiger partial charge in [0.25, 0.3) is 11.8 Å². The number of aliphatic imine (C=N–C) groups is 2. The molecule has 0 spiro atoms. The molecule has 2 heterocycles. The van der Waals surface area contributed by atoms with Crippen LogP contribution in [0.25, 0.3) is 21.8 Å². The Morgan fingerprint density at radius 3 is 1.56 bits per heavy atom. The minimum absolute atomic E-state index is 0.0393. The number of nitrogens with zero attached hydrogens (tertiary/aromatic N) is 4. The summed E-state index contributed by atoms with van der Waals surface area (Å²) in [5, 5.41) is 4.29. The Morgan fingerprint density at radius 1 is 0.603 bits per heavy atom. The Hall–Kier alpha value is -7.06. The molecule has 14 nitrogen and oxygen atoms in total. The van der Waals surface area contributed by atoms with Crippen LogP contribution in [0, 0.1) is 0 Å². The summed E-state index contributed by atoms with van der Waals surface area (Å²) in [4.78, 5) is 41.9. The monoisotopic (exact) mass is 950 g/mol. The molecular weight excluding hydrogens is 895 g/mol. The van der Waals surface area contributed by atoms with Crippen LogP contribution in [-0.2, 0) is 38.7 Å². The number of guanidine groups is 2. The molecule has 0 atom stereocenters. The standard InChI is InChI=1S/2C24H28F3N5O2/c1-4-32(5-2)13-15-7-6-8-16(9-15)14-34-17-10-19(24(25,26)27)18-12-21(30-20(18)11-17)22(33)31-23(28)29-3;1-4-32(5-2)13-15-7-6-8-16(11-15)14-34-20-10-9-18(24(25,26)27)17-12-19(30-21(17)20)22(33)31-23(28)29-3/h2*6-12,30H,4-5,13-14H2,1-3H3,(H3,28,29,31,33). The molecule has 0 fully saturated rings. The van der Waals surface area contributed by atoms with Gasteiger partial charge in [0.05, 0.1) is 22.2 Å². The van der Waals surface area contributed by atoms with E-state index in [4.69, 9.17) is 20.9 Å². The predicted molar refractivity (Wildman–Crippen MR) is 251 cm³/mol. The Balaban J connectivity index is 0.000000254. The van der Waals surface area contributed by atoms with Crippen molar-refractivity contribution in [2.75, 3.05) is 40.3 Å². The molecule has 68 heavy (non-hydrogen) atoms. The Bertz CT molecular complexity index is 2740. The smallest absolute Gasteiger partial charge is 0.417 e. The first kappa shape index (κ1) is 51.9. The number of aromatic amines is 2. The van der Waals surface area contributed by atoms with Crippen molar-refractivity contribution in [3.8, 4) is 11.5 Å². The van der Waals surface area contributed by atoms with Crippen LogP contribution in [0.2, 0.25) is 0 Å². The van der Waals surface area contributed by atoms with Crippen LogP contribution in [0.5, 0.6) is 11.5 Å². The molecular formula is C48H56F6N10O4. The van der Waals surface area contributed by atoms with Gasteiger partial charge >= 0.3 is 12.4 Å². The molecule has 20 heteroatoms. The molecule has 0 aliphatic carbocycles. The zero-order valence-electron chi connectivity index (χ0n) is 38.6. The maximum absolute atomic E-state index is 13.8. The van der Waals surface area contributed by atoms with E-state index in [0.717, 1.165) is 85.8 Å². The number of fused-ring (bicyclic) bond motifs is 2. The topological polar surface area (TPSA) is 191 Å². The largest absolute Gasteiger partial charge is 0.489 e. The lowest BCUT2D eigenvalue weighted by Crippen LogP contribution is -2.36. The van der Waals surface area contributed by atoms with Crippen molar-refractivity contribution in [1.29, 1.82) is 0 Å². The number of amides is 2. The Labute approximate surface area is 389 Å². The number of rotatable bonds is 16. The molecule has 2 amide bonds. The van der Waals surface area contributed by atoms with Gasteiger partial charge < -0.3 is 30.9 Å². The summed E-state index contributed by atoms with van der Waals surface area (Å²) in [7, 11) is 2.76. The number of halogens is 6. The highest BCUT2D eigenvalue weighted by Gasteiger charge is 2.35. The second-order valence-corrected chi connectivity index (χ2v) is 15.5. The molecule has 8 N–H and O–H groups in total. The van der Waals surface area contributed by atoms with Crippen molar-refractivity contribution >= 4 is 45.5 Å². The van der Waals surface area contributed by atoms with E-state index in [-0.39, 0.29) is 69.8 Å². The van der Waals surface area contributed by atoms with Crippen molar-refractivity contribution in [3.05, 3.63) is 130 Å². The van der Waals surface area contributed by atoms with E-state index in [1.54, 1.807) is 0 Å². The van der Waals surface area contributed by atoms with Crippen molar-refractivity contribution in [1.82, 2.24) is 30.4 Å². The molecule has 0 aliphatic heterocycles. The van der Waals surface area contributed by atoms with Gasteiger partial charge in [-0.25, -0.2) is 0 Å². The molecule has 0 saturated carbocycles. The number of alkyl halides is 6. The van der Waals surface area contributed by atoms with E-state index in [2.05, 4.69) is 68.1 Å². The Morgan fingerprint density at radius 2 is 1.07 bits per heavy atom. The van der Waals surface area contributed by atoms with Gasteiger partial charge in [-0.05, 0) is 78.8 Å². The van der Waals surface area contributed by atoms with E-state index in [0.29, 0.717) is 0 Å². The number of nitrogens with two attached hydrogens (primary N) is 2. The van der Waals surface area contributed by atoms with Gasteiger partial charge in [-0.1, -0.05) is 76.2 Å². The van der Waals surface area contributed by atoms with E-state index < -0.39 is 35.3 Å². The third-order valence-corrected chi connectivity index (χ3v) is 10.9. The van der Waals surface area contributed by atoms with Gasteiger partial charge in [-0.3, -0.25) is 40.0 Å². The number of aromatic nitrogens is 2. The summed E-state index contributed by atoms with van der Waals surface area (Å²) < 4.78 is 93.7. The summed E-state index contributed by atoms with van der Waals surface area (Å²) in [6.07, 6.45) is -9.24. The number of hydrogen-bond acceptors (Lipinski definition) is 8. The minimum atomic E-state index is -4.64. The van der Waals surface area contributed by atoms with Gasteiger partial charge in [0.15, 0.2) is 11.9 Å². The van der Waals surface area contributed by atoms with Crippen molar-refractivity contribution in [2.45, 2.75) is 66.4 Å².